The Balaban J connectivity index is 2.34. The maximum atomic E-state index is 11.7. The van der Waals surface area contributed by atoms with Crippen LogP contribution < -0.4 is 0 Å². The number of aromatic nitrogens is 2. The smallest absolute Gasteiger partial charge is 0.140 e. The lowest BCUT2D eigenvalue weighted by molar-refractivity contribution is -0.139. The van der Waals surface area contributed by atoms with Crippen molar-refractivity contribution in [1.82, 2.24) is 9.78 Å². The third-order valence-corrected chi connectivity index (χ3v) is 3.96. The van der Waals surface area contributed by atoms with E-state index < -0.39 is 0 Å². The van der Waals surface area contributed by atoms with E-state index in [2.05, 4.69) is 25.1 Å². The van der Waals surface area contributed by atoms with Crippen molar-refractivity contribution in [1.29, 1.82) is 0 Å². The van der Waals surface area contributed by atoms with E-state index in [1.807, 2.05) is 18.7 Å². The zero-order chi connectivity index (χ0) is 11.2. The predicted octanol–water partition coefficient (Wildman–Crippen LogP) is 2.20. The van der Waals surface area contributed by atoms with E-state index >= 15 is 0 Å². The molecule has 1 heterocycles. The molecule has 0 bridgehead atoms. The van der Waals surface area contributed by atoms with Gasteiger partial charge in [-0.15, -0.1) is 0 Å². The van der Waals surface area contributed by atoms with Gasteiger partial charge in [0.1, 0.15) is 5.78 Å². The largest absolute Gasteiger partial charge is 0.299 e. The standard InChI is InChI=1S/C12H18N2O/c1-5-12(3)10(6-11(12)15)9-7-14(4)13-8(9)2/h7,10H,5-6H2,1-4H3. The molecule has 0 N–H and O–H groups in total. The van der Waals surface area contributed by atoms with E-state index in [1.165, 1.54) is 5.56 Å². The first-order valence-corrected chi connectivity index (χ1v) is 5.52. The van der Waals surface area contributed by atoms with Gasteiger partial charge in [0.15, 0.2) is 0 Å². The fourth-order valence-electron chi connectivity index (χ4n) is 2.56. The van der Waals surface area contributed by atoms with Crippen molar-refractivity contribution < 1.29 is 4.79 Å². The number of hydrogen-bond donors (Lipinski definition) is 0. The molecular formula is C12H18N2O. The number of aryl methyl sites for hydroxylation is 2. The average molecular weight is 206 g/mol. The minimum absolute atomic E-state index is 0.145. The summed E-state index contributed by atoms with van der Waals surface area (Å²) < 4.78 is 1.84. The van der Waals surface area contributed by atoms with Crippen LogP contribution in [-0.2, 0) is 11.8 Å². The Morgan fingerprint density at radius 2 is 2.33 bits per heavy atom. The highest BCUT2D eigenvalue weighted by molar-refractivity contribution is 5.93. The summed E-state index contributed by atoms with van der Waals surface area (Å²) in [5.74, 6) is 0.780. The first kappa shape index (κ1) is 10.4. The fourth-order valence-corrected chi connectivity index (χ4v) is 2.56. The molecule has 0 radical (unpaired) electrons. The fraction of sp³-hybridized carbons (Fsp3) is 0.667. The molecule has 0 aliphatic heterocycles. The van der Waals surface area contributed by atoms with Crippen LogP contribution in [0.15, 0.2) is 6.20 Å². The van der Waals surface area contributed by atoms with E-state index in [9.17, 15) is 4.79 Å². The van der Waals surface area contributed by atoms with Crippen LogP contribution in [0.5, 0.6) is 0 Å². The second-order valence-electron chi connectivity index (χ2n) is 4.79. The van der Waals surface area contributed by atoms with Gasteiger partial charge in [-0.05, 0) is 18.9 Å². The monoisotopic (exact) mass is 206 g/mol. The molecular weight excluding hydrogens is 188 g/mol. The van der Waals surface area contributed by atoms with Gasteiger partial charge in [-0.2, -0.15) is 5.10 Å². The van der Waals surface area contributed by atoms with Gasteiger partial charge in [-0.3, -0.25) is 9.48 Å². The Morgan fingerprint density at radius 3 is 2.73 bits per heavy atom. The molecule has 2 unspecified atom stereocenters. The van der Waals surface area contributed by atoms with Crippen LogP contribution in [0, 0.1) is 12.3 Å². The Morgan fingerprint density at radius 1 is 1.67 bits per heavy atom. The number of ketones is 1. The summed E-state index contributed by atoms with van der Waals surface area (Å²) in [6, 6.07) is 0. The third-order valence-electron chi connectivity index (χ3n) is 3.96. The van der Waals surface area contributed by atoms with Gasteiger partial charge in [0.05, 0.1) is 5.69 Å². The maximum absolute atomic E-state index is 11.7. The highest BCUT2D eigenvalue weighted by Gasteiger charge is 2.50. The van der Waals surface area contributed by atoms with Gasteiger partial charge >= 0.3 is 0 Å². The van der Waals surface area contributed by atoms with Crippen LogP contribution in [-0.4, -0.2) is 15.6 Å². The molecule has 3 heteroatoms. The highest BCUT2D eigenvalue weighted by Crippen LogP contribution is 2.52. The third kappa shape index (κ3) is 1.33. The van der Waals surface area contributed by atoms with Crippen molar-refractivity contribution in [2.45, 2.75) is 39.5 Å². The SMILES string of the molecule is CCC1(C)C(=O)CC1c1cn(C)nc1C. The van der Waals surface area contributed by atoms with Crippen molar-refractivity contribution in [2.75, 3.05) is 0 Å². The Hall–Kier alpha value is -1.12. The molecule has 0 saturated heterocycles. The van der Waals surface area contributed by atoms with Gasteiger partial charge in [0.2, 0.25) is 0 Å². The normalized spacial score (nSPS) is 30.4. The lowest BCUT2D eigenvalue weighted by Crippen LogP contribution is -2.45. The first-order valence-electron chi connectivity index (χ1n) is 5.52. The number of carbonyl (C=O) groups is 1. The highest BCUT2D eigenvalue weighted by atomic mass is 16.1. The summed E-state index contributed by atoms with van der Waals surface area (Å²) >= 11 is 0. The van der Waals surface area contributed by atoms with E-state index in [1.54, 1.807) is 0 Å². The number of rotatable bonds is 2. The van der Waals surface area contributed by atoms with Crippen molar-refractivity contribution in [3.63, 3.8) is 0 Å². The minimum Gasteiger partial charge on any atom is -0.299 e. The van der Waals surface area contributed by atoms with E-state index in [-0.39, 0.29) is 5.41 Å². The van der Waals surface area contributed by atoms with Crippen LogP contribution >= 0.6 is 0 Å². The lowest BCUT2D eigenvalue weighted by Gasteiger charge is -2.44. The molecule has 0 spiro atoms. The van der Waals surface area contributed by atoms with Crippen molar-refractivity contribution in [2.24, 2.45) is 12.5 Å². The summed E-state index contributed by atoms with van der Waals surface area (Å²) in [6.45, 7) is 6.19. The van der Waals surface area contributed by atoms with E-state index in [0.29, 0.717) is 18.1 Å². The Labute approximate surface area is 90.5 Å². The molecule has 1 aromatic rings. The van der Waals surface area contributed by atoms with Gasteiger partial charge in [0, 0.05) is 31.0 Å². The Bertz CT molecular complexity index is 408. The van der Waals surface area contributed by atoms with Crippen molar-refractivity contribution in [3.05, 3.63) is 17.5 Å². The van der Waals surface area contributed by atoms with Crippen molar-refractivity contribution in [3.8, 4) is 0 Å². The topological polar surface area (TPSA) is 34.9 Å². The number of hydrogen-bond acceptors (Lipinski definition) is 2. The summed E-state index contributed by atoms with van der Waals surface area (Å²) in [6.07, 6.45) is 3.67. The molecule has 1 saturated carbocycles. The van der Waals surface area contributed by atoms with Gasteiger partial charge in [0.25, 0.3) is 0 Å². The second-order valence-corrected chi connectivity index (χ2v) is 4.79. The zero-order valence-electron chi connectivity index (χ0n) is 9.87. The molecule has 0 amide bonds. The van der Waals surface area contributed by atoms with Crippen LogP contribution in [0.4, 0.5) is 0 Å². The van der Waals surface area contributed by atoms with E-state index in [0.717, 1.165) is 12.1 Å². The van der Waals surface area contributed by atoms with Crippen molar-refractivity contribution >= 4 is 5.78 Å². The Kier molecular flexibility index (Phi) is 2.21. The van der Waals surface area contributed by atoms with Gasteiger partial charge in [-0.1, -0.05) is 13.8 Å². The number of Topliss-reactive ketones (excluding diaryl/α,β-unsaturated/α-hetero) is 1. The summed E-state index contributed by atoms with van der Waals surface area (Å²) in [5.41, 5.74) is 2.17. The molecule has 15 heavy (non-hydrogen) atoms. The van der Waals surface area contributed by atoms with Crippen LogP contribution in [0.3, 0.4) is 0 Å². The average Bonchev–Trinajstić information content (AvgIpc) is 2.52. The quantitative estimate of drug-likeness (QED) is 0.743. The maximum Gasteiger partial charge on any atom is 0.140 e. The summed E-state index contributed by atoms with van der Waals surface area (Å²) in [7, 11) is 1.93. The molecule has 2 atom stereocenters. The van der Waals surface area contributed by atoms with Gasteiger partial charge in [-0.25, -0.2) is 0 Å². The predicted molar refractivity (Wildman–Crippen MR) is 58.7 cm³/mol. The van der Waals surface area contributed by atoms with Crippen LogP contribution in [0.1, 0.15) is 43.9 Å². The van der Waals surface area contributed by atoms with E-state index in [4.69, 9.17) is 0 Å². The number of carbonyl (C=O) groups excluding carboxylic acids is 1. The molecule has 1 fully saturated rings. The molecule has 3 nitrogen and oxygen atoms in total. The lowest BCUT2D eigenvalue weighted by atomic mass is 9.56. The van der Waals surface area contributed by atoms with Gasteiger partial charge < -0.3 is 0 Å². The molecule has 1 aliphatic carbocycles. The molecule has 82 valence electrons. The molecule has 2 rings (SSSR count). The van der Waals surface area contributed by atoms with Crippen LogP contribution in [0.2, 0.25) is 0 Å². The van der Waals surface area contributed by atoms with Crippen LogP contribution in [0.25, 0.3) is 0 Å². The number of nitrogens with zero attached hydrogens (tertiary/aromatic N) is 2. The zero-order valence-corrected chi connectivity index (χ0v) is 9.87. The molecule has 1 aliphatic rings. The minimum atomic E-state index is -0.145. The summed E-state index contributed by atoms with van der Waals surface area (Å²) in [4.78, 5) is 11.7. The molecule has 1 aromatic heterocycles. The molecule has 0 aromatic carbocycles. The first-order chi connectivity index (χ1) is 6.99. The summed E-state index contributed by atoms with van der Waals surface area (Å²) in [5, 5.41) is 4.34. The second kappa shape index (κ2) is 3.19.